The van der Waals surface area contributed by atoms with Gasteiger partial charge in [0, 0.05) is 53.5 Å². The first kappa shape index (κ1) is 27.8. The van der Waals surface area contributed by atoms with E-state index < -0.39 is 20.0 Å². The molecule has 194 valence electrons. The molecule has 1 heterocycles. The number of nitrogens with zero attached hydrogens (tertiary/aromatic N) is 4. The monoisotopic (exact) mass is 531 g/mol. The van der Waals surface area contributed by atoms with Crippen molar-refractivity contribution in [3.63, 3.8) is 0 Å². The summed E-state index contributed by atoms with van der Waals surface area (Å²) in [5, 5.41) is 13.4. The molecular weight excluding hydrogens is 506 g/mol. The smallest absolute Gasteiger partial charge is 0.269 e. The second-order valence-electron chi connectivity index (χ2n) is 8.15. The van der Waals surface area contributed by atoms with E-state index in [-0.39, 0.29) is 16.4 Å². The quantitative estimate of drug-likeness (QED) is 0.142. The minimum atomic E-state index is -3.38. The number of sulfone groups is 1. The van der Waals surface area contributed by atoms with E-state index in [1.165, 1.54) is 24.3 Å². The summed E-state index contributed by atoms with van der Waals surface area (Å²) in [6.45, 7) is 6.60. The molecule has 0 amide bonds. The van der Waals surface area contributed by atoms with Crippen molar-refractivity contribution >= 4 is 34.0 Å². The van der Waals surface area contributed by atoms with Crippen LogP contribution in [0, 0.1) is 10.1 Å². The van der Waals surface area contributed by atoms with E-state index >= 15 is 0 Å². The molecule has 0 saturated carbocycles. The summed E-state index contributed by atoms with van der Waals surface area (Å²) in [7, 11) is -3.38. The second-order valence-corrected chi connectivity index (χ2v) is 10.6. The topological polar surface area (TPSA) is 145 Å². The summed E-state index contributed by atoms with van der Waals surface area (Å²) in [6, 6.07) is 21.2. The van der Waals surface area contributed by atoms with Crippen LogP contribution in [0.4, 0.5) is 11.6 Å². The number of nitrogens with one attached hydrogen (secondary N) is 1. The molecule has 10 nitrogen and oxygen atoms in total. The summed E-state index contributed by atoms with van der Waals surface area (Å²) in [5.74, 6) is 0.165. The maximum atomic E-state index is 12.4. The number of hydrogen-bond acceptors (Lipinski definition) is 9. The highest BCUT2D eigenvalue weighted by Crippen LogP contribution is 2.29. The number of ketones is 1. The molecule has 0 aliphatic heterocycles. The first-order chi connectivity index (χ1) is 18.1. The number of benzene rings is 3. The molecule has 0 atom stereocenters. The summed E-state index contributed by atoms with van der Waals surface area (Å²) in [6.07, 6.45) is 3.10. The standard InChI is InChI=1S/C14H16N4O2S.C13H9NO3/c1-10(2)21(19,20)13-7-5-4-6-12(13)11-8-16-14(17-9-11)18-15-3;15-13(10-4-2-1-3-5-10)11-6-8-12(9-7-11)14(16)17/h4-10H,3H2,1-2H3,(H,16,17,18);1-9H. The van der Waals surface area contributed by atoms with Crippen molar-refractivity contribution in [2.45, 2.75) is 24.0 Å². The molecule has 38 heavy (non-hydrogen) atoms. The molecular formula is C27H25N5O5S. The van der Waals surface area contributed by atoms with Crippen LogP contribution in [-0.2, 0) is 9.84 Å². The molecule has 0 bridgehead atoms. The molecule has 1 aromatic heterocycles. The predicted molar refractivity (Wildman–Crippen MR) is 146 cm³/mol. The Morgan fingerprint density at radius 1 is 0.921 bits per heavy atom. The van der Waals surface area contributed by atoms with Gasteiger partial charge >= 0.3 is 0 Å². The molecule has 3 aromatic carbocycles. The van der Waals surface area contributed by atoms with Crippen LogP contribution in [0.1, 0.15) is 29.8 Å². The van der Waals surface area contributed by atoms with E-state index in [1.54, 1.807) is 74.8 Å². The number of anilines is 1. The van der Waals surface area contributed by atoms with Crippen LogP contribution in [0.25, 0.3) is 11.1 Å². The van der Waals surface area contributed by atoms with E-state index in [0.717, 1.165) is 0 Å². The number of nitro benzene ring substituents is 1. The molecule has 0 aliphatic carbocycles. The minimum Gasteiger partial charge on any atom is -0.289 e. The number of carbonyl (C=O) groups is 1. The van der Waals surface area contributed by atoms with Crippen molar-refractivity contribution in [2.24, 2.45) is 5.10 Å². The maximum Gasteiger partial charge on any atom is 0.269 e. The SMILES string of the molecule is C=NNc1ncc(-c2ccccc2S(=O)(=O)C(C)C)cn1.O=C(c1ccccc1)c1ccc([N+](=O)[O-])cc1. The Kier molecular flexibility index (Phi) is 9.12. The van der Waals surface area contributed by atoms with Gasteiger partial charge in [0.1, 0.15) is 0 Å². The third kappa shape index (κ3) is 6.71. The van der Waals surface area contributed by atoms with Crippen LogP contribution in [-0.4, -0.2) is 41.1 Å². The molecule has 0 fully saturated rings. The van der Waals surface area contributed by atoms with Gasteiger partial charge in [-0.15, -0.1) is 0 Å². The molecule has 4 rings (SSSR count). The van der Waals surface area contributed by atoms with E-state index in [9.17, 15) is 23.3 Å². The predicted octanol–water partition coefficient (Wildman–Crippen LogP) is 5.18. The number of carbonyl (C=O) groups excluding carboxylic acids is 1. The van der Waals surface area contributed by atoms with Crippen LogP contribution < -0.4 is 5.43 Å². The molecule has 1 N–H and O–H groups in total. The lowest BCUT2D eigenvalue weighted by atomic mass is 10.0. The average Bonchev–Trinajstić information content (AvgIpc) is 2.94. The molecule has 0 unspecified atom stereocenters. The Balaban J connectivity index is 0.000000215. The molecule has 11 heteroatoms. The van der Waals surface area contributed by atoms with Gasteiger partial charge in [-0.3, -0.25) is 14.9 Å². The molecule has 0 saturated heterocycles. The van der Waals surface area contributed by atoms with E-state index in [0.29, 0.717) is 28.2 Å². The number of rotatable bonds is 8. The Morgan fingerprint density at radius 3 is 2.03 bits per heavy atom. The number of non-ortho nitro benzene ring substituents is 1. The van der Waals surface area contributed by atoms with E-state index in [4.69, 9.17) is 0 Å². The summed E-state index contributed by atoms with van der Waals surface area (Å²) >= 11 is 0. The lowest BCUT2D eigenvalue weighted by molar-refractivity contribution is -0.384. The van der Waals surface area contributed by atoms with Gasteiger partial charge in [0.05, 0.1) is 15.1 Å². The number of aromatic nitrogens is 2. The zero-order chi connectivity index (χ0) is 27.7. The van der Waals surface area contributed by atoms with E-state index in [2.05, 4.69) is 27.2 Å². The molecule has 0 radical (unpaired) electrons. The van der Waals surface area contributed by atoms with Crippen molar-refractivity contribution in [1.82, 2.24) is 9.97 Å². The first-order valence-corrected chi connectivity index (χ1v) is 12.9. The zero-order valence-electron chi connectivity index (χ0n) is 20.7. The van der Waals surface area contributed by atoms with E-state index in [1.807, 2.05) is 6.07 Å². The third-order valence-electron chi connectivity index (χ3n) is 5.33. The second kappa shape index (κ2) is 12.5. The number of hydrogen-bond donors (Lipinski definition) is 1. The largest absolute Gasteiger partial charge is 0.289 e. The van der Waals surface area contributed by atoms with Crippen molar-refractivity contribution in [3.05, 3.63) is 112 Å². The fourth-order valence-corrected chi connectivity index (χ4v) is 4.56. The maximum absolute atomic E-state index is 12.4. The van der Waals surface area contributed by atoms with Crippen LogP contribution in [0.2, 0.25) is 0 Å². The van der Waals surface area contributed by atoms with Gasteiger partial charge in [-0.1, -0.05) is 48.5 Å². The molecule has 0 aliphatic rings. The van der Waals surface area contributed by atoms with Gasteiger partial charge in [-0.2, -0.15) is 5.10 Å². The van der Waals surface area contributed by atoms with Gasteiger partial charge < -0.3 is 0 Å². The highest BCUT2D eigenvalue weighted by atomic mass is 32.2. The summed E-state index contributed by atoms with van der Waals surface area (Å²) in [4.78, 5) is 30.3. The Hall–Kier alpha value is -4.77. The fourth-order valence-electron chi connectivity index (χ4n) is 3.29. The van der Waals surface area contributed by atoms with Crippen LogP contribution in [0.3, 0.4) is 0 Å². The number of hydrazone groups is 1. The normalized spacial score (nSPS) is 10.7. The Morgan fingerprint density at radius 2 is 1.47 bits per heavy atom. The minimum absolute atomic E-state index is 0.0189. The fraction of sp³-hybridized carbons (Fsp3) is 0.111. The summed E-state index contributed by atoms with van der Waals surface area (Å²) < 4.78 is 24.8. The lowest BCUT2D eigenvalue weighted by Crippen LogP contribution is -2.15. The van der Waals surface area contributed by atoms with Crippen molar-refractivity contribution in [1.29, 1.82) is 0 Å². The number of nitro groups is 1. The van der Waals surface area contributed by atoms with Gasteiger partial charge in [0.2, 0.25) is 5.95 Å². The van der Waals surface area contributed by atoms with Crippen molar-refractivity contribution in [2.75, 3.05) is 5.43 Å². The van der Waals surface area contributed by atoms with Gasteiger partial charge in [0.15, 0.2) is 15.6 Å². The van der Waals surface area contributed by atoms with Crippen LogP contribution in [0.5, 0.6) is 0 Å². The average molecular weight is 532 g/mol. The third-order valence-corrected chi connectivity index (χ3v) is 7.54. The highest BCUT2D eigenvalue weighted by molar-refractivity contribution is 7.92. The van der Waals surface area contributed by atoms with Crippen LogP contribution >= 0.6 is 0 Å². The van der Waals surface area contributed by atoms with Crippen LogP contribution in [0.15, 0.2) is 101 Å². The lowest BCUT2D eigenvalue weighted by Gasteiger charge is -2.12. The van der Waals surface area contributed by atoms with Gasteiger partial charge in [-0.05, 0) is 32.0 Å². The molecule has 0 spiro atoms. The van der Waals surface area contributed by atoms with Crippen molar-refractivity contribution < 1.29 is 18.1 Å². The summed E-state index contributed by atoms with van der Waals surface area (Å²) in [5.41, 5.74) is 4.74. The Bertz CT molecular complexity index is 1520. The first-order valence-electron chi connectivity index (χ1n) is 11.4. The Labute approximate surface area is 220 Å². The zero-order valence-corrected chi connectivity index (χ0v) is 21.5. The molecule has 4 aromatic rings. The van der Waals surface area contributed by atoms with Crippen molar-refractivity contribution in [3.8, 4) is 11.1 Å². The van der Waals surface area contributed by atoms with Gasteiger partial charge in [-0.25, -0.2) is 23.8 Å². The highest BCUT2D eigenvalue weighted by Gasteiger charge is 2.23. The van der Waals surface area contributed by atoms with Gasteiger partial charge in [0.25, 0.3) is 5.69 Å².